The predicted octanol–water partition coefficient (Wildman–Crippen LogP) is 3.23. The number of fused-ring (bicyclic) bond motifs is 1. The monoisotopic (exact) mass is 288 g/mol. The average Bonchev–Trinajstić information content (AvgIpc) is 3.01. The molecule has 0 radical (unpaired) electrons. The number of benzene rings is 1. The van der Waals surface area contributed by atoms with Gasteiger partial charge in [-0.15, -0.1) is 0 Å². The summed E-state index contributed by atoms with van der Waals surface area (Å²) < 4.78 is 0. The Labute approximate surface area is 128 Å². The summed E-state index contributed by atoms with van der Waals surface area (Å²) in [5, 5.41) is 13.3. The fourth-order valence-electron chi connectivity index (χ4n) is 3.96. The largest absolute Gasteiger partial charge is 0.508 e. The first-order chi connectivity index (χ1) is 10.2. The van der Waals surface area contributed by atoms with Gasteiger partial charge in [0, 0.05) is 25.2 Å². The molecule has 21 heavy (non-hydrogen) atoms. The van der Waals surface area contributed by atoms with Crippen molar-refractivity contribution in [2.75, 3.05) is 20.1 Å². The van der Waals surface area contributed by atoms with Crippen LogP contribution in [-0.2, 0) is 6.42 Å². The molecule has 1 saturated carbocycles. The molecule has 0 saturated heterocycles. The number of hydrogen-bond acceptors (Lipinski definition) is 3. The molecule has 1 unspecified atom stereocenters. The highest BCUT2D eigenvalue weighted by Gasteiger charge is 2.21. The molecule has 3 heteroatoms. The quantitative estimate of drug-likeness (QED) is 0.873. The number of phenolic OH excluding ortho intramolecular Hbond substituents is 1. The summed E-state index contributed by atoms with van der Waals surface area (Å²) in [6.07, 6.45) is 9.09. The van der Waals surface area contributed by atoms with E-state index >= 15 is 0 Å². The highest BCUT2D eigenvalue weighted by molar-refractivity contribution is 5.38. The second kappa shape index (κ2) is 6.80. The van der Waals surface area contributed by atoms with Gasteiger partial charge in [0.2, 0.25) is 0 Å². The van der Waals surface area contributed by atoms with Gasteiger partial charge in [0.1, 0.15) is 5.75 Å². The number of hydrogen-bond donors (Lipinski definition) is 2. The molecule has 1 aromatic rings. The molecule has 3 nitrogen and oxygen atoms in total. The lowest BCUT2D eigenvalue weighted by molar-refractivity contribution is 0.240. The third-order valence-corrected chi connectivity index (χ3v) is 5.24. The summed E-state index contributed by atoms with van der Waals surface area (Å²) in [4.78, 5) is 2.53. The molecular formula is C18H28N2O. The number of nitrogens with one attached hydrogen (secondary N) is 1. The van der Waals surface area contributed by atoms with Crippen LogP contribution < -0.4 is 5.32 Å². The van der Waals surface area contributed by atoms with Gasteiger partial charge in [-0.1, -0.05) is 18.9 Å². The molecule has 0 aromatic heterocycles. The van der Waals surface area contributed by atoms with Crippen LogP contribution in [0.15, 0.2) is 18.2 Å². The van der Waals surface area contributed by atoms with E-state index in [2.05, 4.69) is 23.3 Å². The number of aromatic hydroxyl groups is 1. The number of rotatable bonds is 5. The Hall–Kier alpha value is -1.06. The van der Waals surface area contributed by atoms with Crippen molar-refractivity contribution in [2.45, 2.75) is 57.0 Å². The molecule has 0 aliphatic heterocycles. The highest BCUT2D eigenvalue weighted by Crippen LogP contribution is 2.31. The van der Waals surface area contributed by atoms with E-state index in [0.29, 0.717) is 11.8 Å². The number of aryl methyl sites for hydroxylation is 1. The van der Waals surface area contributed by atoms with Crippen LogP contribution in [0.1, 0.15) is 55.7 Å². The summed E-state index contributed by atoms with van der Waals surface area (Å²) in [5.74, 6) is 0.398. The Kier molecular flexibility index (Phi) is 4.81. The van der Waals surface area contributed by atoms with Gasteiger partial charge in [0.05, 0.1) is 0 Å². The molecule has 0 heterocycles. The maximum Gasteiger partial charge on any atom is 0.115 e. The second-order valence-corrected chi connectivity index (χ2v) is 6.70. The minimum atomic E-state index is 0.398. The highest BCUT2D eigenvalue weighted by atomic mass is 16.3. The number of phenols is 1. The van der Waals surface area contributed by atoms with Crippen molar-refractivity contribution >= 4 is 0 Å². The first kappa shape index (κ1) is 14.9. The Morgan fingerprint density at radius 1 is 1.19 bits per heavy atom. The lowest BCUT2D eigenvalue weighted by atomic mass is 9.87. The molecule has 0 amide bonds. The molecule has 2 aliphatic rings. The minimum absolute atomic E-state index is 0.398. The molecule has 116 valence electrons. The van der Waals surface area contributed by atoms with Crippen LogP contribution in [-0.4, -0.2) is 36.2 Å². The van der Waals surface area contributed by atoms with Gasteiger partial charge in [-0.2, -0.15) is 0 Å². The van der Waals surface area contributed by atoms with Gasteiger partial charge in [-0.25, -0.2) is 0 Å². The number of nitrogens with zero attached hydrogens (tertiary/aromatic N) is 1. The molecule has 0 spiro atoms. The van der Waals surface area contributed by atoms with Crippen molar-refractivity contribution < 1.29 is 5.11 Å². The van der Waals surface area contributed by atoms with Crippen molar-refractivity contribution in [1.82, 2.24) is 10.2 Å². The summed E-state index contributed by atoms with van der Waals surface area (Å²) in [7, 11) is 2.27. The lowest BCUT2D eigenvalue weighted by Gasteiger charge is -2.29. The fourth-order valence-corrected chi connectivity index (χ4v) is 3.96. The van der Waals surface area contributed by atoms with Gasteiger partial charge < -0.3 is 15.3 Å². The third-order valence-electron chi connectivity index (χ3n) is 5.24. The van der Waals surface area contributed by atoms with Gasteiger partial charge in [0.15, 0.2) is 0 Å². The number of likely N-dealkylation sites (N-methyl/N-ethyl adjacent to an activating group) is 1. The van der Waals surface area contributed by atoms with Crippen LogP contribution in [0.5, 0.6) is 5.75 Å². The van der Waals surface area contributed by atoms with Gasteiger partial charge >= 0.3 is 0 Å². The topological polar surface area (TPSA) is 35.5 Å². The molecule has 1 aromatic carbocycles. The van der Waals surface area contributed by atoms with E-state index in [1.165, 1.54) is 49.7 Å². The predicted molar refractivity (Wildman–Crippen MR) is 86.7 cm³/mol. The zero-order chi connectivity index (χ0) is 14.7. The van der Waals surface area contributed by atoms with Crippen LogP contribution >= 0.6 is 0 Å². The Bertz CT molecular complexity index is 468. The first-order valence-corrected chi connectivity index (χ1v) is 8.49. The molecule has 1 atom stereocenters. The maximum absolute atomic E-state index is 9.62. The van der Waals surface area contributed by atoms with Crippen LogP contribution in [0.25, 0.3) is 0 Å². The van der Waals surface area contributed by atoms with E-state index in [4.69, 9.17) is 0 Å². The normalized spacial score (nSPS) is 22.7. The molecule has 2 N–H and O–H groups in total. The zero-order valence-corrected chi connectivity index (χ0v) is 13.1. The van der Waals surface area contributed by atoms with Crippen LogP contribution in [0, 0.1) is 0 Å². The smallest absolute Gasteiger partial charge is 0.115 e. The molecule has 2 aliphatic carbocycles. The molecular weight excluding hydrogens is 260 g/mol. The SMILES string of the molecule is CN(CCNC1CCCc2cc(O)ccc21)C1CCCC1. The summed E-state index contributed by atoms with van der Waals surface area (Å²) in [5.41, 5.74) is 2.71. The summed E-state index contributed by atoms with van der Waals surface area (Å²) in [6, 6.07) is 7.13. The standard InChI is InChI=1S/C18H28N2O/c1-20(15-6-2-3-7-15)12-11-19-18-8-4-5-14-13-16(21)9-10-17(14)18/h9-10,13,15,18-19,21H,2-8,11-12H2,1H3. The van der Waals surface area contributed by atoms with Crippen molar-refractivity contribution in [3.05, 3.63) is 29.3 Å². The van der Waals surface area contributed by atoms with E-state index in [1.54, 1.807) is 0 Å². The van der Waals surface area contributed by atoms with Gasteiger partial charge in [-0.3, -0.25) is 0 Å². The molecule has 3 rings (SSSR count). The van der Waals surface area contributed by atoms with Crippen molar-refractivity contribution in [2.24, 2.45) is 0 Å². The maximum atomic E-state index is 9.62. The molecule has 0 bridgehead atoms. The average molecular weight is 288 g/mol. The third kappa shape index (κ3) is 3.58. The van der Waals surface area contributed by atoms with E-state index in [-0.39, 0.29) is 0 Å². The zero-order valence-electron chi connectivity index (χ0n) is 13.1. The lowest BCUT2D eigenvalue weighted by Crippen LogP contribution is -2.37. The van der Waals surface area contributed by atoms with E-state index < -0.39 is 0 Å². The van der Waals surface area contributed by atoms with Crippen molar-refractivity contribution in [3.63, 3.8) is 0 Å². The van der Waals surface area contributed by atoms with Crippen LogP contribution in [0.3, 0.4) is 0 Å². The van der Waals surface area contributed by atoms with E-state index in [0.717, 1.165) is 25.6 Å². The van der Waals surface area contributed by atoms with Crippen LogP contribution in [0.2, 0.25) is 0 Å². The summed E-state index contributed by atoms with van der Waals surface area (Å²) >= 11 is 0. The fraction of sp³-hybridized carbons (Fsp3) is 0.667. The van der Waals surface area contributed by atoms with E-state index in [9.17, 15) is 5.11 Å². The first-order valence-electron chi connectivity index (χ1n) is 8.49. The Morgan fingerprint density at radius 2 is 2.00 bits per heavy atom. The van der Waals surface area contributed by atoms with Gasteiger partial charge in [0.25, 0.3) is 0 Å². The summed E-state index contributed by atoms with van der Waals surface area (Å²) in [6.45, 7) is 2.19. The Balaban J connectivity index is 1.52. The minimum Gasteiger partial charge on any atom is -0.508 e. The second-order valence-electron chi connectivity index (χ2n) is 6.70. The van der Waals surface area contributed by atoms with Crippen molar-refractivity contribution in [1.29, 1.82) is 0 Å². The molecule has 1 fully saturated rings. The van der Waals surface area contributed by atoms with Crippen molar-refractivity contribution in [3.8, 4) is 5.75 Å². The van der Waals surface area contributed by atoms with Crippen LogP contribution in [0.4, 0.5) is 0 Å². The Morgan fingerprint density at radius 3 is 2.81 bits per heavy atom. The van der Waals surface area contributed by atoms with E-state index in [1.807, 2.05) is 12.1 Å². The van der Waals surface area contributed by atoms with Gasteiger partial charge in [-0.05, 0) is 62.4 Å².